The Hall–Kier alpha value is -1.68. The van der Waals surface area contributed by atoms with Crippen molar-refractivity contribution in [2.45, 2.75) is 19.3 Å². The first-order chi connectivity index (χ1) is 9.25. The molecule has 2 aromatic rings. The third kappa shape index (κ3) is 2.40. The van der Waals surface area contributed by atoms with E-state index in [9.17, 15) is 4.79 Å². The predicted molar refractivity (Wildman–Crippen MR) is 75.0 cm³/mol. The fourth-order valence-electron chi connectivity index (χ4n) is 2.80. The van der Waals surface area contributed by atoms with E-state index in [4.69, 9.17) is 0 Å². The van der Waals surface area contributed by atoms with E-state index in [-0.39, 0.29) is 5.92 Å². The molecule has 4 nitrogen and oxygen atoms in total. The molecule has 100 valence electrons. The number of benzene rings is 1. The molecule has 1 saturated heterocycles. The third-order valence-corrected chi connectivity index (χ3v) is 4.01. The lowest BCUT2D eigenvalue weighted by atomic mass is 9.92. The van der Waals surface area contributed by atoms with Crippen LogP contribution in [0.2, 0.25) is 0 Å². The SMILES string of the molecule is Cn1c(CC(=O)C2CCNCC2)nc2ccccc21. The fourth-order valence-corrected chi connectivity index (χ4v) is 2.80. The van der Waals surface area contributed by atoms with Crippen LogP contribution in [-0.4, -0.2) is 28.4 Å². The minimum atomic E-state index is 0.209. The smallest absolute Gasteiger partial charge is 0.143 e. The summed E-state index contributed by atoms with van der Waals surface area (Å²) in [5.41, 5.74) is 2.06. The van der Waals surface area contributed by atoms with Crippen molar-refractivity contribution >= 4 is 16.8 Å². The van der Waals surface area contributed by atoms with Gasteiger partial charge in [0.25, 0.3) is 0 Å². The van der Waals surface area contributed by atoms with E-state index in [1.807, 2.05) is 35.9 Å². The summed E-state index contributed by atoms with van der Waals surface area (Å²) in [5.74, 6) is 1.42. The molecule has 3 rings (SSSR count). The van der Waals surface area contributed by atoms with Crippen LogP contribution in [0.15, 0.2) is 24.3 Å². The van der Waals surface area contributed by atoms with Gasteiger partial charge in [-0.25, -0.2) is 4.98 Å². The maximum Gasteiger partial charge on any atom is 0.143 e. The Kier molecular flexibility index (Phi) is 3.34. The van der Waals surface area contributed by atoms with Crippen molar-refractivity contribution in [3.05, 3.63) is 30.1 Å². The van der Waals surface area contributed by atoms with Gasteiger partial charge < -0.3 is 9.88 Å². The van der Waals surface area contributed by atoms with E-state index >= 15 is 0 Å². The topological polar surface area (TPSA) is 46.9 Å². The normalized spacial score (nSPS) is 16.9. The zero-order valence-electron chi connectivity index (χ0n) is 11.2. The largest absolute Gasteiger partial charge is 0.331 e. The van der Waals surface area contributed by atoms with Gasteiger partial charge >= 0.3 is 0 Å². The number of imidazole rings is 1. The minimum absolute atomic E-state index is 0.209. The number of nitrogens with zero attached hydrogens (tertiary/aromatic N) is 2. The summed E-state index contributed by atoms with van der Waals surface area (Å²) >= 11 is 0. The number of rotatable bonds is 3. The maximum absolute atomic E-state index is 12.3. The number of fused-ring (bicyclic) bond motifs is 1. The van der Waals surface area contributed by atoms with Gasteiger partial charge in [-0.05, 0) is 38.1 Å². The second-order valence-corrected chi connectivity index (χ2v) is 5.24. The Morgan fingerprint density at radius 1 is 1.37 bits per heavy atom. The maximum atomic E-state index is 12.3. The lowest BCUT2D eigenvalue weighted by molar-refractivity contribution is -0.123. The Morgan fingerprint density at radius 2 is 2.11 bits per heavy atom. The van der Waals surface area contributed by atoms with Gasteiger partial charge in [-0.3, -0.25) is 4.79 Å². The average molecular weight is 257 g/mol. The highest BCUT2D eigenvalue weighted by Gasteiger charge is 2.22. The minimum Gasteiger partial charge on any atom is -0.331 e. The van der Waals surface area contributed by atoms with Gasteiger partial charge in [0, 0.05) is 13.0 Å². The molecule has 1 fully saturated rings. The van der Waals surface area contributed by atoms with Crippen molar-refractivity contribution in [1.82, 2.24) is 14.9 Å². The second kappa shape index (κ2) is 5.13. The van der Waals surface area contributed by atoms with Crippen LogP contribution in [0.5, 0.6) is 0 Å². The third-order valence-electron chi connectivity index (χ3n) is 4.01. The van der Waals surface area contributed by atoms with Gasteiger partial charge in [-0.1, -0.05) is 12.1 Å². The molecule has 4 heteroatoms. The number of piperidine rings is 1. The lowest BCUT2D eigenvalue weighted by Gasteiger charge is -2.21. The fraction of sp³-hybridized carbons (Fsp3) is 0.467. The van der Waals surface area contributed by atoms with Crippen LogP contribution in [-0.2, 0) is 18.3 Å². The molecule has 1 aromatic heterocycles. The van der Waals surface area contributed by atoms with Crippen molar-refractivity contribution in [3.8, 4) is 0 Å². The summed E-state index contributed by atoms with van der Waals surface area (Å²) in [6.45, 7) is 1.91. The number of carbonyl (C=O) groups excluding carboxylic acids is 1. The number of Topliss-reactive ketones (excluding diaryl/α,β-unsaturated/α-hetero) is 1. The molecule has 1 aromatic carbocycles. The van der Waals surface area contributed by atoms with Gasteiger partial charge in [0.2, 0.25) is 0 Å². The van der Waals surface area contributed by atoms with Crippen LogP contribution in [0.1, 0.15) is 18.7 Å². The molecule has 0 radical (unpaired) electrons. The zero-order valence-corrected chi connectivity index (χ0v) is 11.2. The monoisotopic (exact) mass is 257 g/mol. The standard InChI is InChI=1S/C15H19N3O/c1-18-13-5-3-2-4-12(13)17-15(18)10-14(19)11-6-8-16-9-7-11/h2-5,11,16H,6-10H2,1H3. The van der Waals surface area contributed by atoms with E-state index in [2.05, 4.69) is 10.3 Å². The number of ketones is 1. The zero-order chi connectivity index (χ0) is 13.2. The molecular formula is C15H19N3O. The number of aryl methyl sites for hydroxylation is 1. The van der Waals surface area contributed by atoms with Crippen molar-refractivity contribution in [2.24, 2.45) is 13.0 Å². The molecule has 19 heavy (non-hydrogen) atoms. The number of para-hydroxylation sites is 2. The van der Waals surface area contributed by atoms with Crippen LogP contribution in [0.25, 0.3) is 11.0 Å². The highest BCUT2D eigenvalue weighted by Crippen LogP contribution is 2.18. The molecule has 0 aliphatic carbocycles. The van der Waals surface area contributed by atoms with E-state index < -0.39 is 0 Å². The van der Waals surface area contributed by atoms with E-state index in [0.29, 0.717) is 12.2 Å². The van der Waals surface area contributed by atoms with Gasteiger partial charge in [0.05, 0.1) is 17.5 Å². The summed E-state index contributed by atoms with van der Waals surface area (Å²) in [6.07, 6.45) is 2.38. The molecule has 0 amide bonds. The molecule has 1 aliphatic rings. The van der Waals surface area contributed by atoms with E-state index in [1.165, 1.54) is 0 Å². The van der Waals surface area contributed by atoms with Crippen molar-refractivity contribution in [2.75, 3.05) is 13.1 Å². The Morgan fingerprint density at radius 3 is 2.84 bits per heavy atom. The van der Waals surface area contributed by atoms with Crippen LogP contribution in [0, 0.1) is 5.92 Å². The van der Waals surface area contributed by atoms with Gasteiger partial charge in [-0.2, -0.15) is 0 Å². The first-order valence-electron chi connectivity index (χ1n) is 6.89. The number of hydrogen-bond donors (Lipinski definition) is 1. The van der Waals surface area contributed by atoms with Crippen LogP contribution in [0.4, 0.5) is 0 Å². The average Bonchev–Trinajstić information content (AvgIpc) is 2.77. The molecule has 0 saturated carbocycles. The number of aromatic nitrogens is 2. The summed E-state index contributed by atoms with van der Waals surface area (Å²) < 4.78 is 2.04. The Balaban J connectivity index is 1.81. The van der Waals surface area contributed by atoms with E-state index in [1.54, 1.807) is 0 Å². The van der Waals surface area contributed by atoms with Crippen molar-refractivity contribution < 1.29 is 4.79 Å². The Bertz CT molecular complexity index is 596. The first kappa shape index (κ1) is 12.4. The Labute approximate surface area is 112 Å². The van der Waals surface area contributed by atoms with Crippen LogP contribution >= 0.6 is 0 Å². The highest BCUT2D eigenvalue weighted by molar-refractivity contribution is 5.84. The van der Waals surface area contributed by atoms with Crippen molar-refractivity contribution in [1.29, 1.82) is 0 Å². The first-order valence-corrected chi connectivity index (χ1v) is 6.89. The molecular weight excluding hydrogens is 238 g/mol. The number of carbonyl (C=O) groups is 1. The van der Waals surface area contributed by atoms with Gasteiger partial charge in [-0.15, -0.1) is 0 Å². The van der Waals surface area contributed by atoms with Gasteiger partial charge in [0.1, 0.15) is 11.6 Å². The van der Waals surface area contributed by atoms with Gasteiger partial charge in [0.15, 0.2) is 0 Å². The summed E-state index contributed by atoms with van der Waals surface area (Å²) in [6, 6.07) is 8.02. The second-order valence-electron chi connectivity index (χ2n) is 5.24. The van der Waals surface area contributed by atoms with Crippen LogP contribution in [0.3, 0.4) is 0 Å². The summed E-state index contributed by atoms with van der Waals surface area (Å²) in [4.78, 5) is 16.9. The molecule has 0 unspecified atom stereocenters. The molecule has 0 bridgehead atoms. The van der Waals surface area contributed by atoms with Crippen LogP contribution < -0.4 is 5.32 Å². The predicted octanol–water partition coefficient (Wildman–Crippen LogP) is 1.68. The summed E-state index contributed by atoms with van der Waals surface area (Å²) in [7, 11) is 1.99. The van der Waals surface area contributed by atoms with E-state index in [0.717, 1.165) is 42.8 Å². The summed E-state index contributed by atoms with van der Waals surface area (Å²) in [5, 5.41) is 3.29. The number of hydrogen-bond acceptors (Lipinski definition) is 3. The molecule has 0 spiro atoms. The molecule has 1 N–H and O–H groups in total. The molecule has 1 aliphatic heterocycles. The quantitative estimate of drug-likeness (QED) is 0.910. The molecule has 0 atom stereocenters. The highest BCUT2D eigenvalue weighted by atomic mass is 16.1. The number of nitrogens with one attached hydrogen (secondary N) is 1. The van der Waals surface area contributed by atoms with Crippen molar-refractivity contribution in [3.63, 3.8) is 0 Å². The molecule has 2 heterocycles. The lowest BCUT2D eigenvalue weighted by Crippen LogP contribution is -2.32.